The SMILES string of the molecule is COC1CCC(NC(=O)c2ccccc2-c2ncc[nH]2)CC1. The molecule has 0 spiro atoms. The van der Waals surface area contributed by atoms with Gasteiger partial charge >= 0.3 is 0 Å². The summed E-state index contributed by atoms with van der Waals surface area (Å²) < 4.78 is 5.37. The van der Waals surface area contributed by atoms with Gasteiger partial charge in [0.15, 0.2) is 0 Å². The van der Waals surface area contributed by atoms with Crippen LogP contribution in [0.5, 0.6) is 0 Å². The van der Waals surface area contributed by atoms with Gasteiger partial charge in [0.25, 0.3) is 5.91 Å². The quantitative estimate of drug-likeness (QED) is 0.912. The standard InChI is InChI=1S/C17H21N3O2/c1-22-13-8-6-12(7-9-13)20-17(21)15-5-3-2-4-14(15)16-18-10-11-19-16/h2-5,10-13H,6-9H2,1H3,(H,18,19)(H,20,21). The fourth-order valence-corrected chi connectivity index (χ4v) is 3.01. The maximum atomic E-state index is 12.6. The molecule has 1 aromatic carbocycles. The minimum Gasteiger partial charge on any atom is -0.381 e. The van der Waals surface area contributed by atoms with E-state index < -0.39 is 0 Å². The average molecular weight is 299 g/mol. The van der Waals surface area contributed by atoms with Crippen molar-refractivity contribution in [2.45, 2.75) is 37.8 Å². The van der Waals surface area contributed by atoms with Crippen molar-refractivity contribution in [3.8, 4) is 11.4 Å². The molecule has 0 aliphatic heterocycles. The minimum atomic E-state index is -0.0344. The molecule has 2 aromatic rings. The Morgan fingerprint density at radius 2 is 2.05 bits per heavy atom. The van der Waals surface area contributed by atoms with Crippen LogP contribution in [-0.2, 0) is 4.74 Å². The Labute approximate surface area is 130 Å². The van der Waals surface area contributed by atoms with E-state index in [4.69, 9.17) is 4.74 Å². The lowest BCUT2D eigenvalue weighted by Crippen LogP contribution is -2.39. The van der Waals surface area contributed by atoms with Crippen LogP contribution in [0.4, 0.5) is 0 Å². The number of carbonyl (C=O) groups is 1. The van der Waals surface area contributed by atoms with Crippen molar-refractivity contribution in [3.05, 3.63) is 42.2 Å². The number of nitrogens with one attached hydrogen (secondary N) is 2. The fourth-order valence-electron chi connectivity index (χ4n) is 3.01. The Bertz CT molecular complexity index is 617. The smallest absolute Gasteiger partial charge is 0.252 e. The summed E-state index contributed by atoms with van der Waals surface area (Å²) in [5.41, 5.74) is 1.49. The Morgan fingerprint density at radius 1 is 1.27 bits per heavy atom. The van der Waals surface area contributed by atoms with Crippen molar-refractivity contribution in [2.24, 2.45) is 0 Å². The van der Waals surface area contributed by atoms with Gasteiger partial charge in [-0.3, -0.25) is 4.79 Å². The zero-order valence-corrected chi connectivity index (χ0v) is 12.7. The van der Waals surface area contributed by atoms with Crippen LogP contribution < -0.4 is 5.32 Å². The summed E-state index contributed by atoms with van der Waals surface area (Å²) in [6.07, 6.45) is 7.72. The van der Waals surface area contributed by atoms with E-state index in [1.165, 1.54) is 0 Å². The summed E-state index contributed by atoms with van der Waals surface area (Å²) in [6, 6.07) is 7.77. The average Bonchev–Trinajstić information content (AvgIpc) is 3.10. The van der Waals surface area contributed by atoms with E-state index in [9.17, 15) is 4.79 Å². The van der Waals surface area contributed by atoms with E-state index in [0.717, 1.165) is 31.2 Å². The molecule has 1 aliphatic carbocycles. The summed E-state index contributed by atoms with van der Waals surface area (Å²) in [4.78, 5) is 19.9. The van der Waals surface area contributed by atoms with Crippen LogP contribution in [0.3, 0.4) is 0 Å². The number of nitrogens with zero attached hydrogens (tertiary/aromatic N) is 1. The van der Waals surface area contributed by atoms with Crippen LogP contribution in [0.1, 0.15) is 36.0 Å². The molecule has 0 atom stereocenters. The number of hydrogen-bond acceptors (Lipinski definition) is 3. The zero-order valence-electron chi connectivity index (χ0n) is 12.7. The molecule has 5 heteroatoms. The van der Waals surface area contributed by atoms with Gasteiger partial charge in [-0.1, -0.05) is 18.2 Å². The van der Waals surface area contributed by atoms with Crippen molar-refractivity contribution in [2.75, 3.05) is 7.11 Å². The largest absolute Gasteiger partial charge is 0.381 e. The Balaban J connectivity index is 1.71. The molecule has 1 fully saturated rings. The topological polar surface area (TPSA) is 67.0 Å². The molecular weight excluding hydrogens is 278 g/mol. The molecule has 1 heterocycles. The van der Waals surface area contributed by atoms with Crippen molar-refractivity contribution < 1.29 is 9.53 Å². The first-order valence-electron chi connectivity index (χ1n) is 7.70. The van der Waals surface area contributed by atoms with Gasteiger partial charge in [-0.05, 0) is 31.7 Å². The lowest BCUT2D eigenvalue weighted by Gasteiger charge is -2.28. The van der Waals surface area contributed by atoms with Crippen molar-refractivity contribution in [3.63, 3.8) is 0 Å². The number of imidazole rings is 1. The molecule has 0 radical (unpaired) electrons. The van der Waals surface area contributed by atoms with Crippen molar-refractivity contribution in [1.82, 2.24) is 15.3 Å². The molecule has 1 saturated carbocycles. The first-order chi connectivity index (χ1) is 10.8. The Kier molecular flexibility index (Phi) is 4.53. The molecule has 3 rings (SSSR count). The van der Waals surface area contributed by atoms with Crippen molar-refractivity contribution >= 4 is 5.91 Å². The molecule has 2 N–H and O–H groups in total. The van der Waals surface area contributed by atoms with Gasteiger partial charge in [0.1, 0.15) is 5.82 Å². The van der Waals surface area contributed by atoms with E-state index >= 15 is 0 Å². The second-order valence-electron chi connectivity index (χ2n) is 5.67. The first-order valence-corrected chi connectivity index (χ1v) is 7.70. The number of ether oxygens (including phenoxy) is 1. The predicted molar refractivity (Wildman–Crippen MR) is 84.5 cm³/mol. The molecule has 1 aliphatic rings. The number of aromatic nitrogens is 2. The van der Waals surface area contributed by atoms with Gasteiger partial charge in [0.05, 0.1) is 11.7 Å². The Morgan fingerprint density at radius 3 is 2.73 bits per heavy atom. The van der Waals surface area contributed by atoms with Gasteiger partial charge in [0, 0.05) is 31.1 Å². The second kappa shape index (κ2) is 6.75. The van der Waals surface area contributed by atoms with Crippen LogP contribution in [0.2, 0.25) is 0 Å². The molecule has 1 aromatic heterocycles. The maximum Gasteiger partial charge on any atom is 0.252 e. The molecular formula is C17H21N3O2. The van der Waals surface area contributed by atoms with Crippen LogP contribution in [0, 0.1) is 0 Å². The van der Waals surface area contributed by atoms with Gasteiger partial charge < -0.3 is 15.0 Å². The lowest BCUT2D eigenvalue weighted by atomic mass is 9.92. The van der Waals surface area contributed by atoms with E-state index in [1.807, 2.05) is 24.3 Å². The summed E-state index contributed by atoms with van der Waals surface area (Å²) >= 11 is 0. The lowest BCUT2D eigenvalue weighted by molar-refractivity contribution is 0.0599. The highest BCUT2D eigenvalue weighted by molar-refractivity contribution is 6.00. The van der Waals surface area contributed by atoms with E-state index in [2.05, 4.69) is 15.3 Å². The fraction of sp³-hybridized carbons (Fsp3) is 0.412. The van der Waals surface area contributed by atoms with Gasteiger partial charge in [0.2, 0.25) is 0 Å². The van der Waals surface area contributed by atoms with E-state index in [-0.39, 0.29) is 11.9 Å². The number of benzene rings is 1. The number of aromatic amines is 1. The molecule has 5 nitrogen and oxygen atoms in total. The predicted octanol–water partition coefficient (Wildman–Crippen LogP) is 2.76. The summed E-state index contributed by atoms with van der Waals surface area (Å²) in [6.45, 7) is 0. The number of amides is 1. The molecule has 116 valence electrons. The highest BCUT2D eigenvalue weighted by Gasteiger charge is 2.23. The number of hydrogen-bond donors (Lipinski definition) is 2. The molecule has 0 saturated heterocycles. The molecule has 0 bridgehead atoms. The van der Waals surface area contributed by atoms with E-state index in [1.54, 1.807) is 19.5 Å². The highest BCUT2D eigenvalue weighted by atomic mass is 16.5. The maximum absolute atomic E-state index is 12.6. The number of methoxy groups -OCH3 is 1. The number of carbonyl (C=O) groups excluding carboxylic acids is 1. The van der Waals surface area contributed by atoms with Gasteiger partial charge in [-0.25, -0.2) is 4.98 Å². The van der Waals surface area contributed by atoms with E-state index in [0.29, 0.717) is 17.5 Å². The second-order valence-corrected chi connectivity index (χ2v) is 5.67. The third-order valence-corrected chi connectivity index (χ3v) is 4.27. The zero-order chi connectivity index (χ0) is 15.4. The number of rotatable bonds is 4. The summed E-state index contributed by atoms with van der Waals surface area (Å²) in [7, 11) is 1.75. The van der Waals surface area contributed by atoms with Crippen LogP contribution in [0.15, 0.2) is 36.7 Å². The van der Waals surface area contributed by atoms with Gasteiger partial charge in [-0.2, -0.15) is 0 Å². The third-order valence-electron chi connectivity index (χ3n) is 4.27. The van der Waals surface area contributed by atoms with Crippen LogP contribution in [0.25, 0.3) is 11.4 Å². The summed E-state index contributed by atoms with van der Waals surface area (Å²) in [5, 5.41) is 3.15. The summed E-state index contributed by atoms with van der Waals surface area (Å²) in [5.74, 6) is 0.682. The number of H-pyrrole nitrogens is 1. The molecule has 0 unspecified atom stereocenters. The minimum absolute atomic E-state index is 0.0344. The Hall–Kier alpha value is -2.14. The monoisotopic (exact) mass is 299 g/mol. The van der Waals surface area contributed by atoms with Gasteiger partial charge in [-0.15, -0.1) is 0 Å². The highest BCUT2D eigenvalue weighted by Crippen LogP contribution is 2.23. The third kappa shape index (κ3) is 3.20. The molecule has 22 heavy (non-hydrogen) atoms. The van der Waals surface area contributed by atoms with Crippen LogP contribution >= 0.6 is 0 Å². The van der Waals surface area contributed by atoms with Crippen LogP contribution in [-0.4, -0.2) is 35.1 Å². The first kappa shape index (κ1) is 14.8. The normalized spacial score (nSPS) is 21.5. The molecule has 1 amide bonds. The van der Waals surface area contributed by atoms with Crippen molar-refractivity contribution in [1.29, 1.82) is 0 Å².